The van der Waals surface area contributed by atoms with Crippen molar-refractivity contribution in [1.29, 1.82) is 0 Å². The molecule has 1 aromatic carbocycles. The van der Waals surface area contributed by atoms with Crippen LogP contribution in [0.1, 0.15) is 24.8 Å². The molecule has 1 saturated heterocycles. The fourth-order valence-electron chi connectivity index (χ4n) is 5.24. The van der Waals surface area contributed by atoms with Gasteiger partial charge in [-0.2, -0.15) is 0 Å². The van der Waals surface area contributed by atoms with Crippen LogP contribution in [0.5, 0.6) is 0 Å². The fraction of sp³-hybridized carbons (Fsp3) is 0.600. The maximum absolute atomic E-state index is 13.3. The van der Waals surface area contributed by atoms with E-state index in [9.17, 15) is 19.1 Å². The van der Waals surface area contributed by atoms with Crippen molar-refractivity contribution in [3.63, 3.8) is 0 Å². The molecule has 1 aromatic rings. The van der Waals surface area contributed by atoms with E-state index in [-0.39, 0.29) is 28.7 Å². The molecule has 2 aliphatic carbocycles. The molecular weight excluding hydrogens is 371 g/mol. The van der Waals surface area contributed by atoms with E-state index >= 15 is 0 Å². The lowest BCUT2D eigenvalue weighted by molar-refractivity contribution is -0.153. The van der Waals surface area contributed by atoms with E-state index in [1.165, 1.54) is 6.07 Å². The van der Waals surface area contributed by atoms with Crippen molar-refractivity contribution in [3.8, 4) is 0 Å². The molecule has 0 aromatic heterocycles. The maximum Gasteiger partial charge on any atom is 0.307 e. The average Bonchev–Trinajstić information content (AvgIpc) is 3.26. The highest BCUT2D eigenvalue weighted by molar-refractivity contribution is 6.30. The Hall–Kier alpha value is -1.66. The Balaban J connectivity index is 1.35. The highest BCUT2D eigenvalue weighted by atomic mass is 35.5. The molecule has 27 heavy (non-hydrogen) atoms. The Morgan fingerprint density at radius 2 is 1.78 bits per heavy atom. The van der Waals surface area contributed by atoms with E-state index in [2.05, 4.69) is 4.90 Å². The summed E-state index contributed by atoms with van der Waals surface area (Å²) >= 11 is 5.84. The van der Waals surface area contributed by atoms with Crippen molar-refractivity contribution < 1.29 is 19.1 Å². The minimum Gasteiger partial charge on any atom is -0.481 e. The number of carbonyl (C=O) groups excluding carboxylic acids is 1. The number of nitrogens with zero attached hydrogens (tertiary/aromatic N) is 2. The molecule has 4 atom stereocenters. The molecular formula is C20H24ClFN2O3. The van der Waals surface area contributed by atoms with Crippen LogP contribution >= 0.6 is 11.6 Å². The number of hydrogen-bond acceptors (Lipinski definition) is 3. The maximum atomic E-state index is 13.3. The number of benzene rings is 1. The number of piperazine rings is 1. The fourth-order valence-corrected chi connectivity index (χ4v) is 5.44. The molecule has 3 fully saturated rings. The van der Waals surface area contributed by atoms with Crippen LogP contribution in [-0.4, -0.2) is 53.0 Å². The highest BCUT2D eigenvalue weighted by Crippen LogP contribution is 2.53. The Morgan fingerprint density at radius 3 is 2.41 bits per heavy atom. The molecule has 7 heteroatoms. The van der Waals surface area contributed by atoms with Crippen LogP contribution in [-0.2, 0) is 16.1 Å². The first kappa shape index (κ1) is 18.7. The summed E-state index contributed by atoms with van der Waals surface area (Å²) in [5, 5.41) is 9.71. The molecule has 1 amide bonds. The molecule has 146 valence electrons. The van der Waals surface area contributed by atoms with Crippen molar-refractivity contribution in [2.24, 2.45) is 23.7 Å². The molecule has 4 rings (SSSR count). The smallest absolute Gasteiger partial charge is 0.307 e. The predicted molar refractivity (Wildman–Crippen MR) is 98.7 cm³/mol. The normalized spacial score (nSPS) is 30.7. The van der Waals surface area contributed by atoms with Gasteiger partial charge in [-0.15, -0.1) is 0 Å². The third-order valence-corrected chi connectivity index (χ3v) is 6.85. The number of hydrogen-bond donors (Lipinski definition) is 1. The number of carboxylic acids is 1. The van der Waals surface area contributed by atoms with Crippen LogP contribution in [0.4, 0.5) is 4.39 Å². The second-order valence-corrected chi connectivity index (χ2v) is 8.48. The van der Waals surface area contributed by atoms with Gasteiger partial charge in [-0.1, -0.05) is 17.7 Å². The first-order valence-corrected chi connectivity index (χ1v) is 9.99. The molecule has 2 saturated carbocycles. The summed E-state index contributed by atoms with van der Waals surface area (Å²) in [5.41, 5.74) is 0.945. The Bertz CT molecular complexity index is 751. The zero-order valence-electron chi connectivity index (χ0n) is 15.1. The van der Waals surface area contributed by atoms with Gasteiger partial charge in [-0.25, -0.2) is 4.39 Å². The minimum absolute atomic E-state index is 0.0269. The summed E-state index contributed by atoms with van der Waals surface area (Å²) in [6, 6.07) is 4.74. The van der Waals surface area contributed by atoms with E-state index < -0.39 is 17.7 Å². The van der Waals surface area contributed by atoms with Gasteiger partial charge in [-0.05, 0) is 48.8 Å². The third kappa shape index (κ3) is 3.57. The monoisotopic (exact) mass is 394 g/mol. The molecule has 0 spiro atoms. The number of aliphatic carboxylic acids is 1. The number of rotatable bonds is 4. The zero-order chi connectivity index (χ0) is 19.1. The van der Waals surface area contributed by atoms with E-state index in [0.717, 1.165) is 37.9 Å². The van der Waals surface area contributed by atoms with Gasteiger partial charge in [0.25, 0.3) is 0 Å². The summed E-state index contributed by atoms with van der Waals surface area (Å²) < 4.78 is 13.3. The molecule has 1 aliphatic heterocycles. The summed E-state index contributed by atoms with van der Waals surface area (Å²) in [5.74, 6) is -1.64. The zero-order valence-corrected chi connectivity index (χ0v) is 15.9. The largest absolute Gasteiger partial charge is 0.481 e. The van der Waals surface area contributed by atoms with Gasteiger partial charge in [-0.3, -0.25) is 14.5 Å². The van der Waals surface area contributed by atoms with Crippen molar-refractivity contribution in [1.82, 2.24) is 9.80 Å². The van der Waals surface area contributed by atoms with Crippen LogP contribution in [0.2, 0.25) is 5.02 Å². The lowest BCUT2D eigenvalue weighted by Gasteiger charge is -2.38. The molecule has 1 N–H and O–H groups in total. The lowest BCUT2D eigenvalue weighted by atomic mass is 9.78. The van der Waals surface area contributed by atoms with E-state index in [1.54, 1.807) is 12.1 Å². The number of fused-ring (bicyclic) bond motifs is 2. The van der Waals surface area contributed by atoms with Gasteiger partial charge >= 0.3 is 5.97 Å². The quantitative estimate of drug-likeness (QED) is 0.853. The van der Waals surface area contributed by atoms with Gasteiger partial charge in [0.05, 0.1) is 16.9 Å². The van der Waals surface area contributed by atoms with Gasteiger partial charge in [0, 0.05) is 32.7 Å². The van der Waals surface area contributed by atoms with Crippen LogP contribution in [0.3, 0.4) is 0 Å². The summed E-state index contributed by atoms with van der Waals surface area (Å²) in [4.78, 5) is 28.8. The predicted octanol–water partition coefficient (Wildman–Crippen LogP) is 2.87. The molecule has 2 bridgehead atoms. The molecule has 0 unspecified atom stereocenters. The topological polar surface area (TPSA) is 60.9 Å². The molecule has 3 aliphatic rings. The number of carboxylic acid groups (broad SMARTS) is 1. The van der Waals surface area contributed by atoms with Crippen molar-refractivity contribution in [2.75, 3.05) is 26.2 Å². The summed E-state index contributed by atoms with van der Waals surface area (Å²) in [7, 11) is 0. The van der Waals surface area contributed by atoms with Crippen LogP contribution in [0.25, 0.3) is 0 Å². The second-order valence-electron chi connectivity index (χ2n) is 8.07. The standard InChI is InChI=1S/C20H24ClFN2O3/c21-15-9-12(1-4-16(15)22)11-23-5-7-24(8-6-23)19(25)17-13-2-3-14(10-13)18(17)20(26)27/h1,4,9,13-14,17-18H,2-3,5-8,10-11H2,(H,26,27)/t13-,14-,17+,18+/m0/s1. The van der Waals surface area contributed by atoms with Crippen molar-refractivity contribution >= 4 is 23.5 Å². The van der Waals surface area contributed by atoms with Crippen molar-refractivity contribution in [3.05, 3.63) is 34.6 Å². The Labute approximate surface area is 163 Å². The first-order chi connectivity index (χ1) is 12.9. The van der Waals surface area contributed by atoms with E-state index in [1.807, 2.05) is 4.90 Å². The van der Waals surface area contributed by atoms with E-state index in [4.69, 9.17) is 11.6 Å². The van der Waals surface area contributed by atoms with Crippen molar-refractivity contribution in [2.45, 2.75) is 25.8 Å². The molecule has 1 heterocycles. The number of amides is 1. The van der Waals surface area contributed by atoms with Gasteiger partial charge < -0.3 is 10.0 Å². The lowest BCUT2D eigenvalue weighted by Crippen LogP contribution is -2.52. The SMILES string of the molecule is O=C(O)[C@@H]1[C@H]2CC[C@@H](C2)[C@H]1C(=O)N1CCN(Cc2ccc(F)c(Cl)c2)CC1. The van der Waals surface area contributed by atoms with E-state index in [0.29, 0.717) is 19.6 Å². The average molecular weight is 395 g/mol. The Kier molecular flexibility index (Phi) is 5.12. The van der Waals surface area contributed by atoms with Crippen LogP contribution in [0.15, 0.2) is 18.2 Å². The molecule has 5 nitrogen and oxygen atoms in total. The van der Waals surface area contributed by atoms with Gasteiger partial charge in [0.1, 0.15) is 5.82 Å². The number of carbonyl (C=O) groups is 2. The summed E-state index contributed by atoms with van der Waals surface area (Å²) in [6.07, 6.45) is 2.81. The first-order valence-electron chi connectivity index (χ1n) is 9.62. The Morgan fingerprint density at radius 1 is 1.11 bits per heavy atom. The second kappa shape index (κ2) is 7.40. The number of halogens is 2. The van der Waals surface area contributed by atoms with Gasteiger partial charge in [0.15, 0.2) is 0 Å². The van der Waals surface area contributed by atoms with Crippen LogP contribution in [0, 0.1) is 29.5 Å². The minimum atomic E-state index is -0.813. The highest BCUT2D eigenvalue weighted by Gasteiger charge is 2.54. The molecule has 0 radical (unpaired) electrons. The van der Waals surface area contributed by atoms with Gasteiger partial charge in [0.2, 0.25) is 5.91 Å². The van der Waals surface area contributed by atoms with Crippen LogP contribution < -0.4 is 0 Å². The third-order valence-electron chi connectivity index (χ3n) is 6.56. The summed E-state index contributed by atoms with van der Waals surface area (Å²) in [6.45, 7) is 3.31.